The van der Waals surface area contributed by atoms with Crippen molar-refractivity contribution in [2.45, 2.75) is 77.2 Å². The number of rotatable bonds is 15. The molecule has 0 radical (unpaired) electrons. The van der Waals surface area contributed by atoms with Gasteiger partial charge < -0.3 is 33.8 Å². The fraction of sp³-hybridized carbons (Fsp3) is 0.533. The first kappa shape index (κ1) is 33.1. The topological polar surface area (TPSA) is 112 Å². The molecule has 3 rings (SSSR count). The van der Waals surface area contributed by atoms with Crippen LogP contribution in [-0.4, -0.2) is 81.0 Å². The van der Waals surface area contributed by atoms with E-state index in [2.05, 4.69) is 54.6 Å². The number of amides is 2. The van der Waals surface area contributed by atoms with Crippen LogP contribution in [0.15, 0.2) is 24.3 Å². The van der Waals surface area contributed by atoms with Gasteiger partial charge in [0.05, 0.1) is 31.1 Å². The monoisotopic (exact) mass is 594 g/mol. The first-order valence-corrected chi connectivity index (χ1v) is 18.2. The van der Waals surface area contributed by atoms with Crippen LogP contribution < -0.4 is 10.8 Å². The molecule has 1 fully saturated rings. The maximum atomic E-state index is 13.7. The molecule has 0 spiro atoms. The highest BCUT2D eigenvalue weighted by Crippen LogP contribution is 2.36. The first-order valence-electron chi connectivity index (χ1n) is 14.5. The Morgan fingerprint density at radius 1 is 1.26 bits per heavy atom. The van der Waals surface area contributed by atoms with Crippen molar-refractivity contribution in [3.8, 4) is 23.6 Å². The number of carbonyl (C=O) groups is 3. The lowest BCUT2D eigenvalue weighted by Gasteiger charge is -2.29. The fourth-order valence-electron chi connectivity index (χ4n) is 4.94. The summed E-state index contributed by atoms with van der Waals surface area (Å²) in [4.78, 5) is 43.8. The summed E-state index contributed by atoms with van der Waals surface area (Å²) in [5, 5.41) is 2.50. The van der Waals surface area contributed by atoms with E-state index in [0.29, 0.717) is 31.7 Å². The lowest BCUT2D eigenvalue weighted by Crippen LogP contribution is -2.48. The van der Waals surface area contributed by atoms with Gasteiger partial charge in [-0.05, 0) is 18.9 Å². The standard InChI is InChI=1S/C30H43BN4O6Si/c1-7-17-40-20-26-27(22-10-12-23(31-2)13-11-22)33-28(35(26)21-41-18-19-42(4,5)6)25-9-8-15-34(25)29(37)24(14-16-36)32-30(38)39-3/h1,10-13,16,24-25,31H,8-9,14-15,17-21H2,2-6H3,(H,32,38). The molecule has 1 aromatic carbocycles. The van der Waals surface area contributed by atoms with Crippen molar-refractivity contribution in [3.63, 3.8) is 0 Å². The Kier molecular flexibility index (Phi) is 12.4. The van der Waals surface area contributed by atoms with Gasteiger partial charge in [0.1, 0.15) is 31.5 Å². The molecule has 0 bridgehead atoms. The molecule has 2 heterocycles. The largest absolute Gasteiger partial charge is 0.453 e. The average molecular weight is 595 g/mol. The molecule has 1 aliphatic heterocycles. The van der Waals surface area contributed by atoms with Crippen molar-refractivity contribution < 1.29 is 28.6 Å². The number of ether oxygens (including phenoxy) is 3. The molecule has 226 valence electrons. The van der Waals surface area contributed by atoms with Crippen molar-refractivity contribution in [1.29, 1.82) is 0 Å². The summed E-state index contributed by atoms with van der Waals surface area (Å²) in [6.45, 7) is 10.7. The summed E-state index contributed by atoms with van der Waals surface area (Å²) in [5.74, 6) is 2.84. The molecule has 1 N–H and O–H groups in total. The summed E-state index contributed by atoms with van der Waals surface area (Å²) in [6, 6.07) is 7.84. The van der Waals surface area contributed by atoms with E-state index in [1.807, 2.05) is 16.7 Å². The van der Waals surface area contributed by atoms with Gasteiger partial charge in [0.15, 0.2) is 7.28 Å². The number of hydrogen-bond acceptors (Lipinski definition) is 7. The van der Waals surface area contributed by atoms with Crippen molar-refractivity contribution in [2.75, 3.05) is 26.9 Å². The van der Waals surface area contributed by atoms with Crippen molar-refractivity contribution in [3.05, 3.63) is 35.8 Å². The van der Waals surface area contributed by atoms with Gasteiger partial charge in [-0.15, -0.1) is 6.42 Å². The molecule has 2 amide bonds. The van der Waals surface area contributed by atoms with E-state index in [4.69, 9.17) is 20.9 Å². The number of aldehydes is 1. The van der Waals surface area contributed by atoms with Crippen LogP contribution in [0.1, 0.15) is 36.8 Å². The maximum Gasteiger partial charge on any atom is 0.407 e. The summed E-state index contributed by atoms with van der Waals surface area (Å²) in [6.07, 6.45) is 6.58. The van der Waals surface area contributed by atoms with Crippen LogP contribution in [0.4, 0.5) is 4.79 Å². The van der Waals surface area contributed by atoms with Crippen LogP contribution >= 0.6 is 0 Å². The lowest BCUT2D eigenvalue weighted by atomic mass is 9.73. The predicted molar refractivity (Wildman–Crippen MR) is 167 cm³/mol. The van der Waals surface area contributed by atoms with E-state index >= 15 is 0 Å². The molecular formula is C30H43BN4O6Si. The van der Waals surface area contributed by atoms with Gasteiger partial charge in [0.2, 0.25) is 5.91 Å². The number of benzene rings is 1. The summed E-state index contributed by atoms with van der Waals surface area (Å²) >= 11 is 0. The number of terminal acetylenes is 1. The highest BCUT2D eigenvalue weighted by molar-refractivity contribution is 6.76. The van der Waals surface area contributed by atoms with Gasteiger partial charge in [0, 0.05) is 33.2 Å². The molecule has 2 unspecified atom stereocenters. The maximum absolute atomic E-state index is 13.7. The Morgan fingerprint density at radius 2 is 2.00 bits per heavy atom. The zero-order valence-corrected chi connectivity index (χ0v) is 26.5. The van der Waals surface area contributed by atoms with Gasteiger partial charge >= 0.3 is 6.09 Å². The normalized spacial score (nSPS) is 15.6. The second-order valence-corrected chi connectivity index (χ2v) is 17.2. The Morgan fingerprint density at radius 3 is 2.62 bits per heavy atom. The van der Waals surface area contributed by atoms with Gasteiger partial charge in [-0.2, -0.15) is 0 Å². The second kappa shape index (κ2) is 15.7. The number of nitrogens with one attached hydrogen (secondary N) is 1. The van der Waals surface area contributed by atoms with Crippen LogP contribution in [-0.2, 0) is 37.1 Å². The number of nitrogens with zero attached hydrogens (tertiary/aromatic N) is 3. The van der Waals surface area contributed by atoms with E-state index in [0.717, 1.165) is 36.7 Å². The third-order valence-electron chi connectivity index (χ3n) is 7.32. The molecule has 1 saturated heterocycles. The van der Waals surface area contributed by atoms with E-state index in [9.17, 15) is 14.4 Å². The molecular weight excluding hydrogens is 551 g/mol. The number of carbonyl (C=O) groups excluding carboxylic acids is 3. The highest BCUT2D eigenvalue weighted by atomic mass is 28.3. The van der Waals surface area contributed by atoms with Crippen LogP contribution in [0.2, 0.25) is 32.5 Å². The van der Waals surface area contributed by atoms with Gasteiger partial charge in [0.25, 0.3) is 0 Å². The van der Waals surface area contributed by atoms with Crippen molar-refractivity contribution in [1.82, 2.24) is 19.8 Å². The Balaban J connectivity index is 2.06. The number of alkyl carbamates (subject to hydrolysis) is 1. The molecule has 12 heteroatoms. The van der Waals surface area contributed by atoms with Gasteiger partial charge in [-0.1, -0.05) is 62.1 Å². The number of imidazole rings is 1. The zero-order valence-electron chi connectivity index (χ0n) is 25.5. The van der Waals surface area contributed by atoms with Gasteiger partial charge in [-0.25, -0.2) is 9.78 Å². The summed E-state index contributed by atoms with van der Waals surface area (Å²) < 4.78 is 18.7. The molecule has 1 aromatic heterocycles. The van der Waals surface area contributed by atoms with Crippen molar-refractivity contribution in [2.24, 2.45) is 0 Å². The second-order valence-electron chi connectivity index (χ2n) is 11.6. The van der Waals surface area contributed by atoms with Crippen LogP contribution in [0.25, 0.3) is 11.3 Å². The smallest absolute Gasteiger partial charge is 0.407 e. The molecule has 42 heavy (non-hydrogen) atoms. The first-order chi connectivity index (χ1) is 20.1. The Hall–Kier alpha value is -3.40. The van der Waals surface area contributed by atoms with Crippen molar-refractivity contribution >= 4 is 39.1 Å². The van der Waals surface area contributed by atoms with E-state index in [1.165, 1.54) is 12.6 Å². The molecule has 10 nitrogen and oxygen atoms in total. The molecule has 0 saturated carbocycles. The molecule has 1 aliphatic rings. The number of aromatic nitrogens is 2. The minimum atomic E-state index is -1.32. The number of likely N-dealkylation sites (tertiary alicyclic amines) is 1. The molecule has 2 aromatic rings. The molecule has 0 aliphatic carbocycles. The summed E-state index contributed by atoms with van der Waals surface area (Å²) in [7, 11) is 0.820. The SMILES string of the molecule is C#CCOCc1c(-c2ccc(BC)cc2)nc(C2CCCN2C(=O)C(CC=O)NC(=O)OC)n1COCC[Si](C)(C)C. The third kappa shape index (κ3) is 8.80. The van der Waals surface area contributed by atoms with Crippen LogP contribution in [0.3, 0.4) is 0 Å². The highest BCUT2D eigenvalue weighted by Gasteiger charge is 2.38. The van der Waals surface area contributed by atoms with Gasteiger partial charge in [-0.3, -0.25) is 4.79 Å². The Labute approximate surface area is 250 Å². The van der Waals surface area contributed by atoms with Crippen LogP contribution in [0.5, 0.6) is 0 Å². The number of methoxy groups -OCH3 is 1. The minimum absolute atomic E-state index is 0.145. The zero-order chi connectivity index (χ0) is 30.7. The third-order valence-corrected chi connectivity index (χ3v) is 9.02. The van der Waals surface area contributed by atoms with Crippen LogP contribution in [0, 0.1) is 12.3 Å². The van der Waals surface area contributed by atoms with E-state index in [-0.39, 0.29) is 38.3 Å². The number of hydrogen-bond donors (Lipinski definition) is 1. The van der Waals surface area contributed by atoms with E-state index < -0.39 is 20.2 Å². The minimum Gasteiger partial charge on any atom is -0.453 e. The predicted octanol–water partition coefficient (Wildman–Crippen LogP) is 3.10. The molecule has 2 atom stereocenters. The quantitative estimate of drug-likeness (QED) is 0.146. The van der Waals surface area contributed by atoms with E-state index in [1.54, 1.807) is 4.90 Å². The lowest BCUT2D eigenvalue weighted by molar-refractivity contribution is -0.135. The average Bonchev–Trinajstić information content (AvgIpc) is 3.59. The Bertz CT molecular complexity index is 1250. The fourth-order valence-corrected chi connectivity index (χ4v) is 5.70. The summed E-state index contributed by atoms with van der Waals surface area (Å²) in [5.41, 5.74) is 3.70.